The molecule has 1 aliphatic heterocycles. The van der Waals surface area contributed by atoms with E-state index >= 15 is 0 Å². The van der Waals surface area contributed by atoms with Gasteiger partial charge in [-0.25, -0.2) is 0 Å². The van der Waals surface area contributed by atoms with Gasteiger partial charge in [-0.15, -0.1) is 0 Å². The summed E-state index contributed by atoms with van der Waals surface area (Å²) in [7, 11) is 2.66. The summed E-state index contributed by atoms with van der Waals surface area (Å²) in [6, 6.07) is 40.3. The average molecular weight is 534 g/mol. The Morgan fingerprint density at radius 3 is 1.18 bits per heavy atom. The molecule has 3 atom stereocenters. The number of aliphatic hydroxyl groups is 1. The number of hydrogen-bond donors (Lipinski definition) is 1. The minimum Gasteiger partial charge on any atom is -0.398 e. The lowest BCUT2D eigenvalue weighted by Crippen LogP contribution is -2.56. The second-order valence-corrected chi connectivity index (χ2v) is 9.95. The fraction of sp³-hybridized carbons (Fsp3) is 0.235. The van der Waals surface area contributed by atoms with Gasteiger partial charge >= 0.3 is 7.12 Å². The summed E-state index contributed by atoms with van der Waals surface area (Å²) in [4.78, 5) is 0. The lowest BCUT2D eigenvalue weighted by Gasteiger charge is -2.46. The van der Waals surface area contributed by atoms with E-state index in [1.165, 1.54) is 0 Å². The molecule has 1 fully saturated rings. The van der Waals surface area contributed by atoms with Crippen LogP contribution in [-0.2, 0) is 30.0 Å². The van der Waals surface area contributed by atoms with Crippen LogP contribution in [0.25, 0.3) is 0 Å². The predicted molar refractivity (Wildman–Crippen MR) is 158 cm³/mol. The smallest absolute Gasteiger partial charge is 0.398 e. The van der Waals surface area contributed by atoms with Gasteiger partial charge in [0.1, 0.15) is 23.4 Å². The van der Waals surface area contributed by atoms with Crippen LogP contribution >= 0.6 is 0 Å². The van der Waals surface area contributed by atoms with E-state index in [-0.39, 0.29) is 0 Å². The first-order valence-corrected chi connectivity index (χ1v) is 13.6. The molecule has 1 aliphatic rings. The zero-order valence-electron chi connectivity index (χ0n) is 23.1. The number of hydrogen-bond acceptors (Lipinski definition) is 5. The zero-order chi connectivity index (χ0) is 28.0. The first-order valence-electron chi connectivity index (χ1n) is 13.6. The van der Waals surface area contributed by atoms with Crippen molar-refractivity contribution in [2.75, 3.05) is 14.2 Å². The van der Waals surface area contributed by atoms with Gasteiger partial charge in [-0.2, -0.15) is 0 Å². The fourth-order valence-corrected chi connectivity index (χ4v) is 5.86. The van der Waals surface area contributed by atoms with Crippen LogP contribution in [0.2, 0.25) is 0 Å². The lowest BCUT2D eigenvalue weighted by molar-refractivity contribution is -0.136. The Morgan fingerprint density at radius 1 is 0.625 bits per heavy atom. The highest BCUT2D eigenvalue weighted by molar-refractivity contribution is 6.51. The van der Waals surface area contributed by atoms with E-state index in [9.17, 15) is 5.11 Å². The molecule has 1 N–H and O–H groups in total. The molecule has 4 aromatic rings. The van der Waals surface area contributed by atoms with Crippen molar-refractivity contribution in [2.24, 2.45) is 0 Å². The van der Waals surface area contributed by atoms with Crippen LogP contribution < -0.4 is 0 Å². The van der Waals surface area contributed by atoms with Crippen molar-refractivity contribution in [1.82, 2.24) is 0 Å². The molecule has 4 aromatic carbocycles. The fourth-order valence-electron chi connectivity index (χ4n) is 5.86. The van der Waals surface area contributed by atoms with Gasteiger partial charge in [-0.3, -0.25) is 0 Å². The molecule has 40 heavy (non-hydrogen) atoms. The SMILES string of the molecule is COC(c1ccccc1)(c1ccccc1)[C@@H]1OB(/C=C/[C@H](C)O)O[C@H]1C(OC)(c1ccccc1)c1ccccc1. The van der Waals surface area contributed by atoms with Gasteiger partial charge in [0.25, 0.3) is 0 Å². The molecule has 5 rings (SSSR count). The average Bonchev–Trinajstić information content (AvgIpc) is 3.44. The first-order chi connectivity index (χ1) is 19.6. The minimum absolute atomic E-state index is 0.657. The Morgan fingerprint density at radius 2 is 0.925 bits per heavy atom. The van der Waals surface area contributed by atoms with E-state index in [2.05, 4.69) is 48.5 Å². The quantitative estimate of drug-likeness (QED) is 0.256. The topological polar surface area (TPSA) is 57.2 Å². The third kappa shape index (κ3) is 5.05. The molecule has 0 spiro atoms. The van der Waals surface area contributed by atoms with E-state index in [0.29, 0.717) is 0 Å². The number of aliphatic hydroxyl groups excluding tert-OH is 1. The molecule has 0 unspecified atom stereocenters. The summed E-state index contributed by atoms with van der Waals surface area (Å²) in [5, 5.41) is 10.0. The van der Waals surface area contributed by atoms with Crippen molar-refractivity contribution >= 4 is 7.12 Å². The predicted octanol–water partition coefficient (Wildman–Crippen LogP) is 5.92. The molecule has 0 bridgehead atoms. The van der Waals surface area contributed by atoms with E-state index in [1.54, 1.807) is 33.2 Å². The molecular formula is C34H35BO5. The van der Waals surface area contributed by atoms with Gasteiger partial charge in [-0.05, 0) is 29.2 Å². The molecule has 1 saturated heterocycles. The highest BCUT2D eigenvalue weighted by Gasteiger charge is 2.61. The molecule has 0 saturated carbocycles. The molecule has 6 heteroatoms. The van der Waals surface area contributed by atoms with E-state index in [4.69, 9.17) is 18.8 Å². The van der Waals surface area contributed by atoms with Crippen LogP contribution in [0.15, 0.2) is 133 Å². The van der Waals surface area contributed by atoms with Crippen LogP contribution in [0.4, 0.5) is 0 Å². The molecule has 1 heterocycles. The summed E-state index contributed by atoms with van der Waals surface area (Å²) in [5.41, 5.74) is 1.58. The minimum atomic E-state index is -1.06. The summed E-state index contributed by atoms with van der Waals surface area (Å²) in [5.74, 6) is 1.75. The second-order valence-electron chi connectivity index (χ2n) is 9.95. The number of benzene rings is 4. The molecule has 0 aliphatic carbocycles. The molecule has 204 valence electrons. The maximum Gasteiger partial charge on any atom is 0.486 e. The van der Waals surface area contributed by atoms with Gasteiger partial charge in [0.15, 0.2) is 0 Å². The van der Waals surface area contributed by atoms with Gasteiger partial charge in [0, 0.05) is 14.2 Å². The lowest BCUT2D eigenvalue weighted by atomic mass is 9.71. The first kappa shape index (κ1) is 28.0. The monoisotopic (exact) mass is 534 g/mol. The maximum atomic E-state index is 10.0. The Labute approximate surface area is 237 Å². The zero-order valence-corrected chi connectivity index (χ0v) is 23.1. The van der Waals surface area contributed by atoms with Crippen molar-refractivity contribution in [3.05, 3.63) is 156 Å². The Bertz CT molecular complexity index is 1180. The summed E-state index contributed by atoms with van der Waals surface area (Å²) in [6.07, 6.45) is -0.337. The Hall–Kier alpha value is -3.52. The van der Waals surface area contributed by atoms with Gasteiger partial charge in [0.2, 0.25) is 0 Å². The van der Waals surface area contributed by atoms with Crippen molar-refractivity contribution in [1.29, 1.82) is 0 Å². The number of ether oxygens (including phenoxy) is 2. The van der Waals surface area contributed by atoms with E-state index in [1.807, 2.05) is 72.8 Å². The van der Waals surface area contributed by atoms with Crippen LogP contribution in [0, 0.1) is 0 Å². The van der Waals surface area contributed by atoms with Gasteiger partial charge in [-0.1, -0.05) is 133 Å². The summed E-state index contributed by atoms with van der Waals surface area (Å²) < 4.78 is 26.8. The van der Waals surface area contributed by atoms with Crippen LogP contribution in [0.3, 0.4) is 0 Å². The molecule has 0 amide bonds. The second kappa shape index (κ2) is 12.3. The van der Waals surface area contributed by atoms with Gasteiger partial charge < -0.3 is 23.9 Å². The highest BCUT2D eigenvalue weighted by atomic mass is 16.7. The highest BCUT2D eigenvalue weighted by Crippen LogP contribution is 2.50. The Kier molecular flexibility index (Phi) is 8.65. The summed E-state index contributed by atoms with van der Waals surface area (Å²) >= 11 is 0. The van der Waals surface area contributed by atoms with Crippen LogP contribution in [0.5, 0.6) is 0 Å². The van der Waals surface area contributed by atoms with Gasteiger partial charge in [0.05, 0.1) is 6.10 Å². The van der Waals surface area contributed by atoms with Crippen LogP contribution in [-0.4, -0.2) is 44.8 Å². The number of rotatable bonds is 10. The largest absolute Gasteiger partial charge is 0.486 e. The molecular weight excluding hydrogens is 499 g/mol. The molecule has 0 radical (unpaired) electrons. The standard InChI is InChI=1S/C34H35BO5/c1-26(36)24-25-35-39-31(33(37-2,27-16-8-4-9-17-27)28-18-10-5-11-19-28)32(40-35)34(38-3,29-20-12-6-13-21-29)30-22-14-7-15-23-30/h4-26,31-32,36H,1-3H3/b25-24+/t26-,31+,32+/m0/s1. The third-order valence-electron chi connectivity index (χ3n) is 7.64. The normalized spacial score (nSPS) is 18.8. The van der Waals surface area contributed by atoms with Crippen molar-refractivity contribution in [3.63, 3.8) is 0 Å². The summed E-state index contributed by atoms with van der Waals surface area (Å²) in [6.45, 7) is 1.70. The number of methoxy groups -OCH3 is 2. The molecule has 0 aromatic heterocycles. The van der Waals surface area contributed by atoms with Crippen molar-refractivity contribution < 1.29 is 23.9 Å². The van der Waals surface area contributed by atoms with E-state index in [0.717, 1.165) is 22.3 Å². The Balaban J connectivity index is 1.80. The van der Waals surface area contributed by atoms with Crippen LogP contribution in [0.1, 0.15) is 29.2 Å². The third-order valence-corrected chi connectivity index (χ3v) is 7.64. The van der Waals surface area contributed by atoms with Crippen molar-refractivity contribution in [2.45, 2.75) is 36.4 Å². The molecule has 5 nitrogen and oxygen atoms in total. The van der Waals surface area contributed by atoms with E-state index < -0.39 is 36.6 Å². The van der Waals surface area contributed by atoms with Crippen molar-refractivity contribution in [3.8, 4) is 0 Å². The maximum absolute atomic E-state index is 10.0.